The summed E-state index contributed by atoms with van der Waals surface area (Å²) in [5.74, 6) is 0.316. The van der Waals surface area contributed by atoms with Gasteiger partial charge in [-0.3, -0.25) is 0 Å². The quantitative estimate of drug-likeness (QED) is 0.502. The molecule has 0 aliphatic carbocycles. The second-order valence-electron chi connectivity index (χ2n) is 6.30. The van der Waals surface area contributed by atoms with Crippen molar-refractivity contribution < 1.29 is 4.39 Å². The molecule has 4 aromatic rings. The fourth-order valence-corrected chi connectivity index (χ4v) is 3.23. The highest BCUT2D eigenvalue weighted by Gasteiger charge is 2.08. The summed E-state index contributed by atoms with van der Waals surface area (Å²) in [5.41, 5.74) is 3.76. The van der Waals surface area contributed by atoms with Gasteiger partial charge < -0.3 is 4.98 Å². The van der Waals surface area contributed by atoms with Gasteiger partial charge in [0, 0.05) is 43.0 Å². The van der Waals surface area contributed by atoms with Gasteiger partial charge in [-0.1, -0.05) is 29.3 Å². The molecule has 0 spiro atoms. The lowest BCUT2D eigenvalue weighted by Crippen LogP contribution is -2.00. The number of aromatic amines is 1. The molecule has 0 aliphatic rings. The van der Waals surface area contributed by atoms with Gasteiger partial charge in [-0.25, -0.2) is 19.3 Å². The summed E-state index contributed by atoms with van der Waals surface area (Å²) in [4.78, 5) is 16.3. The normalized spacial score (nSPS) is 11.2. The highest BCUT2D eigenvalue weighted by atomic mass is 35.5. The second-order valence-corrected chi connectivity index (χ2v) is 7.14. The summed E-state index contributed by atoms with van der Waals surface area (Å²) in [6.07, 6.45) is 9.16. The van der Waals surface area contributed by atoms with Gasteiger partial charge in [-0.15, -0.1) is 0 Å². The van der Waals surface area contributed by atoms with Crippen molar-refractivity contribution in [2.24, 2.45) is 0 Å². The van der Waals surface area contributed by atoms with E-state index in [-0.39, 0.29) is 5.02 Å². The van der Waals surface area contributed by atoms with Gasteiger partial charge >= 0.3 is 0 Å². The monoisotopic (exact) mass is 400 g/mol. The molecule has 0 amide bonds. The molecule has 3 heterocycles. The van der Waals surface area contributed by atoms with Crippen molar-refractivity contribution in [3.63, 3.8) is 0 Å². The Labute approximate surface area is 165 Å². The standard InChI is InChI=1S/C20H15Cl2FN4/c21-15-7-16-14(10-26-20(16)27-11-15)5-13-8-24-19(25-9-13)4-2-12-1-3-17(22)18(23)6-12/h1,3,6-11H,2,4-5H2,(H,26,27). The lowest BCUT2D eigenvalue weighted by molar-refractivity contribution is 0.625. The fraction of sp³-hybridized carbons (Fsp3) is 0.150. The van der Waals surface area contributed by atoms with Crippen LogP contribution in [0.25, 0.3) is 11.0 Å². The van der Waals surface area contributed by atoms with Crippen molar-refractivity contribution in [3.05, 3.63) is 87.4 Å². The van der Waals surface area contributed by atoms with E-state index in [1.807, 2.05) is 30.7 Å². The molecule has 1 N–H and O–H groups in total. The molecule has 136 valence electrons. The van der Waals surface area contributed by atoms with Crippen LogP contribution in [0.5, 0.6) is 0 Å². The van der Waals surface area contributed by atoms with E-state index in [0.717, 1.165) is 33.5 Å². The van der Waals surface area contributed by atoms with E-state index in [4.69, 9.17) is 23.2 Å². The number of pyridine rings is 1. The van der Waals surface area contributed by atoms with Gasteiger partial charge in [-0.2, -0.15) is 0 Å². The largest absolute Gasteiger partial charge is 0.346 e. The number of hydrogen-bond acceptors (Lipinski definition) is 3. The zero-order chi connectivity index (χ0) is 18.8. The van der Waals surface area contributed by atoms with Gasteiger partial charge in [0.2, 0.25) is 0 Å². The molecular weight excluding hydrogens is 386 g/mol. The van der Waals surface area contributed by atoms with Crippen LogP contribution in [0.1, 0.15) is 22.5 Å². The molecule has 3 aromatic heterocycles. The maximum atomic E-state index is 13.5. The van der Waals surface area contributed by atoms with E-state index in [0.29, 0.717) is 24.3 Å². The molecule has 0 aliphatic heterocycles. The van der Waals surface area contributed by atoms with Crippen LogP contribution >= 0.6 is 23.2 Å². The summed E-state index contributed by atoms with van der Waals surface area (Å²) >= 11 is 11.7. The third-order valence-corrected chi connectivity index (χ3v) is 4.87. The Morgan fingerprint density at radius 3 is 2.52 bits per heavy atom. The number of nitrogens with zero attached hydrogens (tertiary/aromatic N) is 3. The highest BCUT2D eigenvalue weighted by Crippen LogP contribution is 2.22. The number of hydrogen-bond donors (Lipinski definition) is 1. The Kier molecular flexibility index (Phi) is 5.05. The molecule has 4 rings (SSSR count). The minimum atomic E-state index is -0.404. The second kappa shape index (κ2) is 7.62. The highest BCUT2D eigenvalue weighted by molar-refractivity contribution is 6.31. The molecule has 0 bridgehead atoms. The Morgan fingerprint density at radius 2 is 1.74 bits per heavy atom. The molecule has 0 fully saturated rings. The molecule has 0 radical (unpaired) electrons. The van der Waals surface area contributed by atoms with Crippen molar-refractivity contribution in [3.8, 4) is 0 Å². The molecule has 1 aromatic carbocycles. The number of benzene rings is 1. The minimum Gasteiger partial charge on any atom is -0.346 e. The minimum absolute atomic E-state index is 0.133. The van der Waals surface area contributed by atoms with Crippen LogP contribution in [0.2, 0.25) is 10.0 Å². The summed E-state index contributed by atoms with van der Waals surface area (Å²) in [6, 6.07) is 6.73. The first-order chi connectivity index (χ1) is 13.1. The SMILES string of the molecule is Fc1cc(CCc2ncc(Cc3c[nH]c4ncc(Cl)cc34)cn2)ccc1Cl. The van der Waals surface area contributed by atoms with Crippen LogP contribution in [0, 0.1) is 5.82 Å². The molecule has 0 unspecified atom stereocenters. The van der Waals surface area contributed by atoms with Gasteiger partial charge in [0.25, 0.3) is 0 Å². The lowest BCUT2D eigenvalue weighted by Gasteiger charge is -2.04. The van der Waals surface area contributed by atoms with Crippen molar-refractivity contribution >= 4 is 34.2 Å². The number of halogens is 3. The van der Waals surface area contributed by atoms with Crippen molar-refractivity contribution in [2.75, 3.05) is 0 Å². The number of fused-ring (bicyclic) bond motifs is 1. The molecule has 0 saturated carbocycles. The van der Waals surface area contributed by atoms with Crippen LogP contribution in [0.15, 0.2) is 49.1 Å². The van der Waals surface area contributed by atoms with E-state index in [2.05, 4.69) is 19.9 Å². The summed E-state index contributed by atoms with van der Waals surface area (Å²) in [5, 5.41) is 1.73. The van der Waals surface area contributed by atoms with E-state index in [1.165, 1.54) is 6.07 Å². The van der Waals surface area contributed by atoms with Gasteiger partial charge in [0.05, 0.1) is 10.0 Å². The lowest BCUT2D eigenvalue weighted by atomic mass is 10.1. The van der Waals surface area contributed by atoms with Crippen LogP contribution in [0.4, 0.5) is 4.39 Å². The van der Waals surface area contributed by atoms with E-state index >= 15 is 0 Å². The fourth-order valence-electron chi connectivity index (χ4n) is 2.95. The molecular formula is C20H15Cl2FN4. The number of aromatic nitrogens is 4. The molecule has 0 atom stereocenters. The van der Waals surface area contributed by atoms with E-state index < -0.39 is 5.82 Å². The van der Waals surface area contributed by atoms with Crippen LogP contribution in [-0.4, -0.2) is 19.9 Å². The topological polar surface area (TPSA) is 54.5 Å². The van der Waals surface area contributed by atoms with Crippen LogP contribution < -0.4 is 0 Å². The average molecular weight is 401 g/mol. The van der Waals surface area contributed by atoms with Crippen LogP contribution in [-0.2, 0) is 19.3 Å². The maximum Gasteiger partial charge on any atom is 0.142 e. The molecule has 4 nitrogen and oxygen atoms in total. The average Bonchev–Trinajstić information content (AvgIpc) is 3.06. The first-order valence-electron chi connectivity index (χ1n) is 8.44. The summed E-state index contributed by atoms with van der Waals surface area (Å²) < 4.78 is 13.5. The first kappa shape index (κ1) is 17.9. The smallest absolute Gasteiger partial charge is 0.142 e. The van der Waals surface area contributed by atoms with Crippen molar-refractivity contribution in [1.29, 1.82) is 0 Å². The molecule has 0 saturated heterocycles. The van der Waals surface area contributed by atoms with Gasteiger partial charge in [0.1, 0.15) is 17.3 Å². The number of H-pyrrole nitrogens is 1. The van der Waals surface area contributed by atoms with Gasteiger partial charge in [-0.05, 0) is 41.3 Å². The zero-order valence-corrected chi connectivity index (χ0v) is 15.7. The van der Waals surface area contributed by atoms with Gasteiger partial charge in [0.15, 0.2) is 0 Å². The Balaban J connectivity index is 1.44. The summed E-state index contributed by atoms with van der Waals surface area (Å²) in [7, 11) is 0. The Hall–Kier alpha value is -2.50. The zero-order valence-electron chi connectivity index (χ0n) is 14.2. The van der Waals surface area contributed by atoms with Crippen molar-refractivity contribution in [1.82, 2.24) is 19.9 Å². The number of aryl methyl sites for hydroxylation is 2. The third-order valence-electron chi connectivity index (χ3n) is 4.36. The number of rotatable bonds is 5. The Morgan fingerprint density at radius 1 is 0.926 bits per heavy atom. The van der Waals surface area contributed by atoms with E-state index in [1.54, 1.807) is 12.3 Å². The van der Waals surface area contributed by atoms with Crippen molar-refractivity contribution in [2.45, 2.75) is 19.3 Å². The molecule has 27 heavy (non-hydrogen) atoms. The predicted octanol–water partition coefficient (Wildman–Crippen LogP) is 5.17. The third kappa shape index (κ3) is 4.10. The predicted molar refractivity (Wildman–Crippen MR) is 105 cm³/mol. The maximum absolute atomic E-state index is 13.5. The van der Waals surface area contributed by atoms with Crippen LogP contribution in [0.3, 0.4) is 0 Å². The Bertz CT molecular complexity index is 1090. The first-order valence-corrected chi connectivity index (χ1v) is 9.19. The number of nitrogens with one attached hydrogen (secondary N) is 1. The van der Waals surface area contributed by atoms with E-state index in [9.17, 15) is 4.39 Å². The summed E-state index contributed by atoms with van der Waals surface area (Å²) in [6.45, 7) is 0. The molecule has 7 heteroatoms.